The lowest BCUT2D eigenvalue weighted by Crippen LogP contribution is -2.41. The van der Waals surface area contributed by atoms with Crippen molar-refractivity contribution in [3.8, 4) is 0 Å². The fourth-order valence-electron chi connectivity index (χ4n) is 2.26. The van der Waals surface area contributed by atoms with E-state index in [9.17, 15) is 0 Å². The molecular formula is C13H18BrN. The minimum atomic E-state index is 0.458. The summed E-state index contributed by atoms with van der Waals surface area (Å²) in [6.07, 6.45) is 2.66. The second-order valence-corrected chi connectivity index (χ2v) is 5.63. The molecular weight excluding hydrogens is 250 g/mol. The molecule has 0 aliphatic heterocycles. The monoisotopic (exact) mass is 267 g/mol. The van der Waals surface area contributed by atoms with Crippen molar-refractivity contribution in [3.05, 3.63) is 34.3 Å². The largest absolute Gasteiger partial charge is 0.307 e. The minimum Gasteiger partial charge on any atom is -0.307 e. The molecule has 1 aliphatic carbocycles. The van der Waals surface area contributed by atoms with E-state index in [1.807, 2.05) is 0 Å². The van der Waals surface area contributed by atoms with Crippen molar-refractivity contribution < 1.29 is 0 Å². The molecule has 1 unspecified atom stereocenters. The summed E-state index contributed by atoms with van der Waals surface area (Å²) in [6, 6.07) is 9.74. The molecule has 0 aromatic heterocycles. The molecule has 1 aliphatic rings. The van der Waals surface area contributed by atoms with E-state index in [0.717, 1.165) is 16.4 Å². The fourth-order valence-corrected chi connectivity index (χ4v) is 2.68. The lowest BCUT2D eigenvalue weighted by Gasteiger charge is -2.35. The fraction of sp³-hybridized carbons (Fsp3) is 0.538. The maximum Gasteiger partial charge on any atom is 0.0294 e. The van der Waals surface area contributed by atoms with E-state index in [0.29, 0.717) is 6.04 Å². The van der Waals surface area contributed by atoms with Crippen molar-refractivity contribution >= 4 is 15.9 Å². The van der Waals surface area contributed by atoms with Crippen molar-refractivity contribution in [1.29, 1.82) is 0 Å². The highest BCUT2D eigenvalue weighted by Crippen LogP contribution is 2.29. The number of nitrogens with one attached hydrogen (secondary N) is 1. The van der Waals surface area contributed by atoms with Crippen LogP contribution in [0.2, 0.25) is 0 Å². The van der Waals surface area contributed by atoms with E-state index in [1.165, 1.54) is 18.4 Å². The van der Waals surface area contributed by atoms with Crippen molar-refractivity contribution in [2.24, 2.45) is 5.92 Å². The zero-order valence-corrected chi connectivity index (χ0v) is 10.9. The Hall–Kier alpha value is -0.340. The molecule has 1 nitrogen and oxygen atoms in total. The summed E-state index contributed by atoms with van der Waals surface area (Å²) in [5.41, 5.74) is 1.36. The van der Waals surface area contributed by atoms with E-state index in [1.54, 1.807) is 0 Å². The van der Waals surface area contributed by atoms with Crippen molar-refractivity contribution in [2.45, 2.75) is 38.8 Å². The first kappa shape index (κ1) is 11.2. The van der Waals surface area contributed by atoms with Gasteiger partial charge >= 0.3 is 0 Å². The Morgan fingerprint density at radius 1 is 1.40 bits per heavy atom. The number of hydrogen-bond donors (Lipinski definition) is 1. The first-order valence-corrected chi connectivity index (χ1v) is 6.46. The van der Waals surface area contributed by atoms with Crippen LogP contribution in [0.1, 0.15) is 38.3 Å². The number of rotatable bonds is 3. The molecule has 2 heteroatoms. The third-order valence-electron chi connectivity index (χ3n) is 3.21. The normalized spacial score (nSPS) is 27.1. The predicted molar refractivity (Wildman–Crippen MR) is 67.9 cm³/mol. The van der Waals surface area contributed by atoms with Gasteiger partial charge in [-0.2, -0.15) is 0 Å². The smallest absolute Gasteiger partial charge is 0.0294 e. The Kier molecular flexibility index (Phi) is 3.47. The molecule has 0 amide bonds. The third kappa shape index (κ3) is 2.82. The lowest BCUT2D eigenvalue weighted by molar-refractivity contribution is 0.226. The van der Waals surface area contributed by atoms with E-state index in [2.05, 4.69) is 59.4 Å². The average Bonchev–Trinajstić information content (AvgIpc) is 2.15. The molecule has 0 heterocycles. The van der Waals surface area contributed by atoms with Gasteiger partial charge in [0.1, 0.15) is 0 Å². The topological polar surface area (TPSA) is 12.0 Å². The van der Waals surface area contributed by atoms with Gasteiger partial charge in [0.2, 0.25) is 0 Å². The van der Waals surface area contributed by atoms with Gasteiger partial charge in [0.15, 0.2) is 0 Å². The molecule has 1 fully saturated rings. The van der Waals surface area contributed by atoms with Crippen LogP contribution in [0.15, 0.2) is 28.7 Å². The van der Waals surface area contributed by atoms with Crippen LogP contribution in [-0.2, 0) is 0 Å². The SMILES string of the molecule is CC1CC(NC(C)c2cccc(Br)c2)C1. The molecule has 1 aromatic carbocycles. The molecule has 82 valence electrons. The number of halogens is 1. The predicted octanol–water partition coefficient (Wildman–Crippen LogP) is 3.90. The summed E-state index contributed by atoms with van der Waals surface area (Å²) < 4.78 is 1.16. The van der Waals surface area contributed by atoms with Gasteiger partial charge in [-0.05, 0) is 43.4 Å². The van der Waals surface area contributed by atoms with Gasteiger partial charge in [0.25, 0.3) is 0 Å². The first-order valence-electron chi connectivity index (χ1n) is 5.66. The molecule has 0 saturated heterocycles. The van der Waals surface area contributed by atoms with Gasteiger partial charge < -0.3 is 5.32 Å². The Bertz CT molecular complexity index is 331. The molecule has 15 heavy (non-hydrogen) atoms. The zero-order valence-electron chi connectivity index (χ0n) is 9.33. The number of hydrogen-bond acceptors (Lipinski definition) is 1. The summed E-state index contributed by atoms with van der Waals surface area (Å²) in [5, 5.41) is 3.67. The van der Waals surface area contributed by atoms with E-state index in [4.69, 9.17) is 0 Å². The quantitative estimate of drug-likeness (QED) is 0.876. The molecule has 0 radical (unpaired) electrons. The van der Waals surface area contributed by atoms with E-state index >= 15 is 0 Å². The molecule has 0 spiro atoms. The molecule has 2 rings (SSSR count). The maximum atomic E-state index is 3.67. The van der Waals surface area contributed by atoms with Gasteiger partial charge in [-0.3, -0.25) is 0 Å². The minimum absolute atomic E-state index is 0.458. The van der Waals surface area contributed by atoms with Crippen LogP contribution < -0.4 is 5.32 Å². The molecule has 1 atom stereocenters. The van der Waals surface area contributed by atoms with Crippen LogP contribution in [-0.4, -0.2) is 6.04 Å². The summed E-state index contributed by atoms with van der Waals surface area (Å²) in [7, 11) is 0. The summed E-state index contributed by atoms with van der Waals surface area (Å²) in [4.78, 5) is 0. The standard InChI is InChI=1S/C13H18BrN/c1-9-6-13(7-9)15-10(2)11-4-3-5-12(14)8-11/h3-5,8-10,13,15H,6-7H2,1-2H3. The van der Waals surface area contributed by atoms with Crippen LogP contribution in [0.3, 0.4) is 0 Å². The van der Waals surface area contributed by atoms with Gasteiger partial charge in [-0.1, -0.05) is 35.0 Å². The second-order valence-electron chi connectivity index (χ2n) is 4.72. The highest BCUT2D eigenvalue weighted by atomic mass is 79.9. The third-order valence-corrected chi connectivity index (χ3v) is 3.70. The Balaban J connectivity index is 1.93. The summed E-state index contributed by atoms with van der Waals surface area (Å²) in [6.45, 7) is 4.56. The Morgan fingerprint density at radius 2 is 2.13 bits per heavy atom. The zero-order chi connectivity index (χ0) is 10.8. The van der Waals surface area contributed by atoms with Gasteiger partial charge in [-0.15, -0.1) is 0 Å². The number of benzene rings is 1. The summed E-state index contributed by atoms with van der Waals surface area (Å²) in [5.74, 6) is 0.914. The lowest BCUT2D eigenvalue weighted by atomic mass is 9.81. The van der Waals surface area contributed by atoms with E-state index < -0.39 is 0 Å². The van der Waals surface area contributed by atoms with Crippen LogP contribution >= 0.6 is 15.9 Å². The first-order chi connectivity index (χ1) is 7.15. The molecule has 1 saturated carbocycles. The molecule has 0 bridgehead atoms. The van der Waals surface area contributed by atoms with Gasteiger partial charge in [0.05, 0.1) is 0 Å². The van der Waals surface area contributed by atoms with Crippen LogP contribution in [0.4, 0.5) is 0 Å². The summed E-state index contributed by atoms with van der Waals surface area (Å²) >= 11 is 3.51. The second kappa shape index (κ2) is 4.67. The van der Waals surface area contributed by atoms with Crippen LogP contribution in [0.25, 0.3) is 0 Å². The van der Waals surface area contributed by atoms with Gasteiger partial charge in [0, 0.05) is 16.6 Å². The van der Waals surface area contributed by atoms with Crippen LogP contribution in [0, 0.1) is 5.92 Å². The van der Waals surface area contributed by atoms with E-state index in [-0.39, 0.29) is 0 Å². The average molecular weight is 268 g/mol. The highest BCUT2D eigenvalue weighted by Gasteiger charge is 2.26. The van der Waals surface area contributed by atoms with Crippen molar-refractivity contribution in [1.82, 2.24) is 5.32 Å². The van der Waals surface area contributed by atoms with Crippen LogP contribution in [0.5, 0.6) is 0 Å². The van der Waals surface area contributed by atoms with Crippen molar-refractivity contribution in [2.75, 3.05) is 0 Å². The van der Waals surface area contributed by atoms with Gasteiger partial charge in [-0.25, -0.2) is 0 Å². The highest BCUT2D eigenvalue weighted by molar-refractivity contribution is 9.10. The van der Waals surface area contributed by atoms with Crippen molar-refractivity contribution in [3.63, 3.8) is 0 Å². The Labute approximate surface area is 100 Å². The molecule has 1 aromatic rings. The Morgan fingerprint density at radius 3 is 2.73 bits per heavy atom. The maximum absolute atomic E-state index is 3.67. The molecule has 1 N–H and O–H groups in total.